The van der Waals surface area contributed by atoms with E-state index in [1.165, 1.54) is 0 Å². The molecule has 0 aliphatic heterocycles. The van der Waals surface area contributed by atoms with Gasteiger partial charge in [-0.2, -0.15) is 5.26 Å². The van der Waals surface area contributed by atoms with E-state index in [-0.39, 0.29) is 12.4 Å². The number of carbonyl (C=O) groups is 2. The Morgan fingerprint density at radius 3 is 2.57 bits per heavy atom. The van der Waals surface area contributed by atoms with Crippen LogP contribution < -0.4 is 4.74 Å². The molecule has 0 radical (unpaired) electrons. The van der Waals surface area contributed by atoms with E-state index in [9.17, 15) is 9.59 Å². The zero-order valence-corrected chi connectivity index (χ0v) is 15.6. The summed E-state index contributed by atoms with van der Waals surface area (Å²) >= 11 is 0. The van der Waals surface area contributed by atoms with E-state index in [1.54, 1.807) is 30.5 Å². The first-order valence-corrected chi connectivity index (χ1v) is 9.02. The van der Waals surface area contributed by atoms with Crippen molar-refractivity contribution in [2.45, 2.75) is 19.9 Å². The lowest BCUT2D eigenvalue weighted by Gasteiger charge is -2.06. The van der Waals surface area contributed by atoms with Crippen molar-refractivity contribution >= 4 is 22.7 Å². The minimum atomic E-state index is -0.565. The molecule has 0 aliphatic carbocycles. The molecule has 1 heterocycles. The quantitative estimate of drug-likeness (QED) is 0.438. The monoisotopic (exact) mass is 376 g/mol. The third-order valence-electron chi connectivity index (χ3n) is 4.29. The lowest BCUT2D eigenvalue weighted by atomic mass is 10.1. The minimum absolute atomic E-state index is 0.286. The van der Waals surface area contributed by atoms with Gasteiger partial charge in [0.1, 0.15) is 5.75 Å². The number of rotatable bonds is 8. The maximum Gasteiger partial charge on any atom is 0.338 e. The summed E-state index contributed by atoms with van der Waals surface area (Å²) in [6.45, 7) is 2.57. The number of para-hydroxylation sites is 1. The van der Waals surface area contributed by atoms with Gasteiger partial charge in [0, 0.05) is 29.2 Å². The number of benzene rings is 2. The summed E-state index contributed by atoms with van der Waals surface area (Å²) in [5.41, 5.74) is 1.71. The van der Waals surface area contributed by atoms with Crippen LogP contribution in [-0.2, 0) is 11.3 Å². The maximum atomic E-state index is 12.6. The first kappa shape index (κ1) is 19.2. The molecule has 1 aromatic heterocycles. The lowest BCUT2D eigenvalue weighted by Crippen LogP contribution is -2.14. The zero-order chi connectivity index (χ0) is 19.9. The standard InChI is InChI=1S/C22H20N2O4/c1-2-27-17-10-8-16(9-11-17)22(26)28-15-21(25)19-14-24(13-5-12-23)20-7-4-3-6-18(19)20/h3-4,6-11,14H,2,5,13,15H2,1H3. The molecule has 3 aromatic rings. The van der Waals surface area contributed by atoms with Crippen LogP contribution in [0, 0.1) is 11.3 Å². The van der Waals surface area contributed by atoms with Crippen LogP contribution in [0.5, 0.6) is 5.75 Å². The Hall–Kier alpha value is -3.59. The second kappa shape index (κ2) is 8.87. The second-order valence-electron chi connectivity index (χ2n) is 6.12. The number of hydrogen-bond donors (Lipinski definition) is 0. The number of Topliss-reactive ketones (excluding diaryl/α,β-unsaturated/α-hetero) is 1. The van der Waals surface area contributed by atoms with Gasteiger partial charge in [-0.05, 0) is 37.3 Å². The molecule has 6 heteroatoms. The Morgan fingerprint density at radius 1 is 1.11 bits per heavy atom. The Kier molecular flexibility index (Phi) is 6.07. The van der Waals surface area contributed by atoms with Crippen LogP contribution in [0.15, 0.2) is 54.7 Å². The van der Waals surface area contributed by atoms with Crippen LogP contribution in [0.3, 0.4) is 0 Å². The number of nitrogens with zero attached hydrogens (tertiary/aromatic N) is 2. The van der Waals surface area contributed by atoms with Crippen LogP contribution in [0.25, 0.3) is 10.9 Å². The van der Waals surface area contributed by atoms with Gasteiger partial charge in [-0.15, -0.1) is 0 Å². The molecule has 0 saturated carbocycles. The van der Waals surface area contributed by atoms with E-state index in [0.717, 1.165) is 10.9 Å². The van der Waals surface area contributed by atoms with Crippen molar-refractivity contribution in [2.24, 2.45) is 0 Å². The topological polar surface area (TPSA) is 81.3 Å². The highest BCUT2D eigenvalue weighted by molar-refractivity contribution is 6.09. The summed E-state index contributed by atoms with van der Waals surface area (Å²) in [5, 5.41) is 9.60. The summed E-state index contributed by atoms with van der Waals surface area (Å²) < 4.78 is 12.4. The molecule has 28 heavy (non-hydrogen) atoms. The minimum Gasteiger partial charge on any atom is -0.494 e. The SMILES string of the molecule is CCOc1ccc(C(=O)OCC(=O)c2cn(CCC#N)c3ccccc23)cc1. The third kappa shape index (κ3) is 4.21. The van der Waals surface area contributed by atoms with Gasteiger partial charge < -0.3 is 14.0 Å². The number of fused-ring (bicyclic) bond motifs is 1. The fraction of sp³-hybridized carbons (Fsp3) is 0.227. The van der Waals surface area contributed by atoms with E-state index >= 15 is 0 Å². The highest BCUT2D eigenvalue weighted by Gasteiger charge is 2.17. The first-order chi connectivity index (χ1) is 13.6. The fourth-order valence-electron chi connectivity index (χ4n) is 2.97. The predicted octanol–water partition coefficient (Wildman–Crippen LogP) is 3.99. The predicted molar refractivity (Wildman–Crippen MR) is 104 cm³/mol. The molecular weight excluding hydrogens is 356 g/mol. The van der Waals surface area contributed by atoms with Crippen molar-refractivity contribution in [1.29, 1.82) is 5.26 Å². The van der Waals surface area contributed by atoms with Gasteiger partial charge in [0.05, 0.1) is 24.7 Å². The normalized spacial score (nSPS) is 10.4. The summed E-state index contributed by atoms with van der Waals surface area (Å²) in [7, 11) is 0. The molecular formula is C22H20N2O4. The smallest absolute Gasteiger partial charge is 0.338 e. The molecule has 3 rings (SSSR count). The number of ketones is 1. The average molecular weight is 376 g/mol. The van der Waals surface area contributed by atoms with Crippen LogP contribution in [0.2, 0.25) is 0 Å². The molecule has 0 saturated heterocycles. The first-order valence-electron chi connectivity index (χ1n) is 9.02. The van der Waals surface area contributed by atoms with Gasteiger partial charge in [-0.3, -0.25) is 4.79 Å². The summed E-state index contributed by atoms with van der Waals surface area (Å²) in [5.74, 6) is -0.184. The van der Waals surface area contributed by atoms with Crippen molar-refractivity contribution in [3.63, 3.8) is 0 Å². The van der Waals surface area contributed by atoms with E-state index in [4.69, 9.17) is 14.7 Å². The van der Waals surface area contributed by atoms with Crippen molar-refractivity contribution in [2.75, 3.05) is 13.2 Å². The molecule has 0 bridgehead atoms. The molecule has 0 unspecified atom stereocenters. The fourth-order valence-corrected chi connectivity index (χ4v) is 2.97. The van der Waals surface area contributed by atoms with Crippen molar-refractivity contribution in [3.8, 4) is 11.8 Å². The number of aromatic nitrogens is 1. The molecule has 0 spiro atoms. The van der Waals surface area contributed by atoms with Gasteiger partial charge in [-0.1, -0.05) is 18.2 Å². The van der Waals surface area contributed by atoms with Gasteiger partial charge >= 0.3 is 5.97 Å². The summed E-state index contributed by atoms with van der Waals surface area (Å²) in [4.78, 5) is 24.8. The lowest BCUT2D eigenvalue weighted by molar-refractivity contribution is 0.0475. The Morgan fingerprint density at radius 2 is 1.86 bits per heavy atom. The van der Waals surface area contributed by atoms with Gasteiger partial charge in [0.2, 0.25) is 5.78 Å². The Bertz CT molecular complexity index is 1030. The Labute approximate surface area is 162 Å². The molecule has 0 fully saturated rings. The molecule has 2 aromatic carbocycles. The molecule has 0 atom stereocenters. The van der Waals surface area contributed by atoms with Crippen LogP contribution in [-0.4, -0.2) is 29.5 Å². The maximum absolute atomic E-state index is 12.6. The van der Waals surface area contributed by atoms with Gasteiger partial charge in [0.15, 0.2) is 6.61 Å². The van der Waals surface area contributed by atoms with Crippen molar-refractivity contribution in [3.05, 3.63) is 65.9 Å². The third-order valence-corrected chi connectivity index (χ3v) is 4.29. The van der Waals surface area contributed by atoms with Gasteiger partial charge in [-0.25, -0.2) is 4.79 Å². The number of esters is 1. The Balaban J connectivity index is 1.71. The van der Waals surface area contributed by atoms with Crippen molar-refractivity contribution in [1.82, 2.24) is 4.57 Å². The number of carbonyl (C=O) groups excluding carboxylic acids is 2. The zero-order valence-electron chi connectivity index (χ0n) is 15.6. The largest absolute Gasteiger partial charge is 0.494 e. The van der Waals surface area contributed by atoms with E-state index < -0.39 is 5.97 Å². The number of hydrogen-bond acceptors (Lipinski definition) is 5. The van der Waals surface area contributed by atoms with Gasteiger partial charge in [0.25, 0.3) is 0 Å². The summed E-state index contributed by atoms with van der Waals surface area (Å²) in [6.07, 6.45) is 2.06. The second-order valence-corrected chi connectivity index (χ2v) is 6.12. The molecule has 0 amide bonds. The summed E-state index contributed by atoms with van der Waals surface area (Å²) in [6, 6.07) is 16.2. The van der Waals surface area contributed by atoms with E-state index in [0.29, 0.717) is 36.4 Å². The number of aryl methyl sites for hydroxylation is 1. The molecule has 6 nitrogen and oxygen atoms in total. The van der Waals surface area contributed by atoms with Crippen molar-refractivity contribution < 1.29 is 19.1 Å². The highest BCUT2D eigenvalue weighted by atomic mass is 16.5. The van der Waals surface area contributed by atoms with Crippen LogP contribution >= 0.6 is 0 Å². The average Bonchev–Trinajstić information content (AvgIpc) is 3.10. The van der Waals surface area contributed by atoms with Crippen LogP contribution in [0.4, 0.5) is 0 Å². The highest BCUT2D eigenvalue weighted by Crippen LogP contribution is 2.22. The molecule has 0 N–H and O–H groups in total. The van der Waals surface area contributed by atoms with E-state index in [2.05, 4.69) is 6.07 Å². The van der Waals surface area contributed by atoms with Crippen LogP contribution in [0.1, 0.15) is 34.1 Å². The van der Waals surface area contributed by atoms with E-state index in [1.807, 2.05) is 35.8 Å². The molecule has 0 aliphatic rings. The number of nitriles is 1. The molecule has 142 valence electrons. The number of ether oxygens (including phenoxy) is 2.